The van der Waals surface area contributed by atoms with Gasteiger partial charge in [-0.05, 0) is 13.0 Å². The molecule has 1 saturated heterocycles. The molecule has 3 heterocycles. The SMILES string of the molecule is C[C@@H]1CN(c2n[nH]c(C3COc4ccccc43)n2)CCN1. The molecule has 2 aliphatic heterocycles. The van der Waals surface area contributed by atoms with Gasteiger partial charge in [-0.1, -0.05) is 18.2 Å². The Balaban J connectivity index is 1.58. The van der Waals surface area contributed by atoms with Gasteiger partial charge >= 0.3 is 0 Å². The van der Waals surface area contributed by atoms with Gasteiger partial charge in [0.15, 0.2) is 0 Å². The highest BCUT2D eigenvalue weighted by Gasteiger charge is 2.29. The summed E-state index contributed by atoms with van der Waals surface area (Å²) in [5, 5.41) is 10.9. The second-order valence-corrected chi connectivity index (χ2v) is 5.72. The molecule has 1 aromatic heterocycles. The molecule has 21 heavy (non-hydrogen) atoms. The minimum Gasteiger partial charge on any atom is -0.492 e. The van der Waals surface area contributed by atoms with Crippen molar-refractivity contribution < 1.29 is 4.74 Å². The molecule has 0 radical (unpaired) electrons. The second kappa shape index (κ2) is 5.04. The van der Waals surface area contributed by atoms with Gasteiger partial charge in [-0.3, -0.25) is 5.10 Å². The van der Waals surface area contributed by atoms with Crippen LogP contribution in [0.3, 0.4) is 0 Å². The number of benzene rings is 1. The van der Waals surface area contributed by atoms with Crippen molar-refractivity contribution >= 4 is 5.95 Å². The number of rotatable bonds is 2. The molecule has 110 valence electrons. The second-order valence-electron chi connectivity index (χ2n) is 5.72. The van der Waals surface area contributed by atoms with Gasteiger partial charge in [-0.2, -0.15) is 4.98 Å². The first kappa shape index (κ1) is 12.6. The van der Waals surface area contributed by atoms with Crippen molar-refractivity contribution in [3.05, 3.63) is 35.7 Å². The molecule has 1 fully saturated rings. The monoisotopic (exact) mass is 285 g/mol. The lowest BCUT2D eigenvalue weighted by Gasteiger charge is -2.30. The summed E-state index contributed by atoms with van der Waals surface area (Å²) in [5.74, 6) is 2.79. The Morgan fingerprint density at radius 1 is 1.33 bits per heavy atom. The third kappa shape index (κ3) is 2.25. The Morgan fingerprint density at radius 2 is 2.24 bits per heavy atom. The molecule has 6 heteroatoms. The number of nitrogens with zero attached hydrogens (tertiary/aromatic N) is 3. The molecule has 1 unspecified atom stereocenters. The fraction of sp³-hybridized carbons (Fsp3) is 0.467. The number of piperazine rings is 1. The summed E-state index contributed by atoms with van der Waals surface area (Å²) < 4.78 is 5.73. The van der Waals surface area contributed by atoms with Crippen LogP contribution in [0.5, 0.6) is 5.75 Å². The van der Waals surface area contributed by atoms with Crippen LogP contribution in [0, 0.1) is 0 Å². The van der Waals surface area contributed by atoms with Crippen LogP contribution in [-0.4, -0.2) is 47.5 Å². The van der Waals surface area contributed by atoms with Gasteiger partial charge < -0.3 is 15.0 Å². The van der Waals surface area contributed by atoms with E-state index in [0.717, 1.165) is 37.2 Å². The number of fused-ring (bicyclic) bond motifs is 1. The van der Waals surface area contributed by atoms with Gasteiger partial charge in [0.2, 0.25) is 5.95 Å². The summed E-state index contributed by atoms with van der Waals surface area (Å²) in [6.45, 7) is 5.67. The molecule has 0 bridgehead atoms. The first-order valence-corrected chi connectivity index (χ1v) is 7.43. The van der Waals surface area contributed by atoms with Crippen LogP contribution < -0.4 is 15.0 Å². The molecule has 0 saturated carbocycles. The van der Waals surface area contributed by atoms with Gasteiger partial charge in [0.1, 0.15) is 18.2 Å². The first-order chi connectivity index (χ1) is 10.3. The largest absolute Gasteiger partial charge is 0.492 e. The van der Waals surface area contributed by atoms with E-state index in [1.807, 2.05) is 18.2 Å². The van der Waals surface area contributed by atoms with Crippen LogP contribution in [0.4, 0.5) is 5.95 Å². The molecule has 2 N–H and O–H groups in total. The van der Waals surface area contributed by atoms with Gasteiger partial charge in [0.25, 0.3) is 0 Å². The van der Waals surface area contributed by atoms with Crippen LogP contribution >= 0.6 is 0 Å². The Hall–Kier alpha value is -2.08. The number of nitrogens with one attached hydrogen (secondary N) is 2. The van der Waals surface area contributed by atoms with E-state index in [1.165, 1.54) is 5.56 Å². The molecule has 1 aromatic carbocycles. The Kier molecular flexibility index (Phi) is 3.03. The van der Waals surface area contributed by atoms with E-state index in [1.54, 1.807) is 0 Å². The van der Waals surface area contributed by atoms with E-state index in [-0.39, 0.29) is 5.92 Å². The number of hydrogen-bond acceptors (Lipinski definition) is 5. The van der Waals surface area contributed by atoms with Gasteiger partial charge in [-0.25, -0.2) is 0 Å². The first-order valence-electron chi connectivity index (χ1n) is 7.43. The predicted molar refractivity (Wildman–Crippen MR) is 79.8 cm³/mol. The number of anilines is 1. The summed E-state index contributed by atoms with van der Waals surface area (Å²) in [6, 6.07) is 8.61. The van der Waals surface area contributed by atoms with Crippen LogP contribution in [-0.2, 0) is 0 Å². The third-order valence-corrected chi connectivity index (χ3v) is 4.17. The summed E-state index contributed by atoms with van der Waals surface area (Å²) in [6.07, 6.45) is 0. The number of ether oxygens (including phenoxy) is 1. The summed E-state index contributed by atoms with van der Waals surface area (Å²) in [4.78, 5) is 6.93. The van der Waals surface area contributed by atoms with Gasteiger partial charge in [-0.15, -0.1) is 5.10 Å². The van der Waals surface area contributed by atoms with Crippen molar-refractivity contribution in [2.75, 3.05) is 31.1 Å². The molecule has 2 atom stereocenters. The van der Waals surface area contributed by atoms with Crippen molar-refractivity contribution in [3.8, 4) is 5.75 Å². The van der Waals surface area contributed by atoms with Crippen molar-refractivity contribution in [1.29, 1.82) is 0 Å². The smallest absolute Gasteiger partial charge is 0.244 e. The van der Waals surface area contributed by atoms with Crippen molar-refractivity contribution in [1.82, 2.24) is 20.5 Å². The zero-order valence-electron chi connectivity index (χ0n) is 12.0. The molecule has 0 aliphatic carbocycles. The summed E-state index contributed by atoms with van der Waals surface area (Å²) in [5.41, 5.74) is 1.19. The van der Waals surface area contributed by atoms with E-state index in [9.17, 15) is 0 Å². The average molecular weight is 285 g/mol. The van der Waals surface area contributed by atoms with Crippen LogP contribution in [0.2, 0.25) is 0 Å². The summed E-state index contributed by atoms with van der Waals surface area (Å²) >= 11 is 0. The minimum absolute atomic E-state index is 0.155. The number of aromatic nitrogens is 3. The average Bonchev–Trinajstić information content (AvgIpc) is 3.14. The standard InChI is InChI=1S/C15H19N5O/c1-10-8-20(7-6-16-10)15-17-14(18-19-15)12-9-21-13-5-3-2-4-11(12)13/h2-5,10,12,16H,6-9H2,1H3,(H,17,18,19)/t10-,12?/m1/s1. The molecule has 0 amide bonds. The van der Waals surface area contributed by atoms with E-state index in [4.69, 9.17) is 9.72 Å². The zero-order valence-corrected chi connectivity index (χ0v) is 12.0. The van der Waals surface area contributed by atoms with Gasteiger partial charge in [0.05, 0.1) is 5.92 Å². The molecule has 4 rings (SSSR count). The van der Waals surface area contributed by atoms with Gasteiger partial charge in [0, 0.05) is 31.2 Å². The van der Waals surface area contributed by atoms with Crippen molar-refractivity contribution in [3.63, 3.8) is 0 Å². The number of para-hydroxylation sites is 1. The lowest BCUT2D eigenvalue weighted by Crippen LogP contribution is -2.49. The Bertz CT molecular complexity index is 640. The molecule has 0 spiro atoms. The number of aromatic amines is 1. The van der Waals surface area contributed by atoms with Crippen LogP contribution in [0.15, 0.2) is 24.3 Å². The van der Waals surface area contributed by atoms with E-state index < -0.39 is 0 Å². The number of hydrogen-bond donors (Lipinski definition) is 2. The Labute approximate surface area is 123 Å². The van der Waals surface area contributed by atoms with Crippen LogP contribution in [0.25, 0.3) is 0 Å². The summed E-state index contributed by atoms with van der Waals surface area (Å²) in [7, 11) is 0. The minimum atomic E-state index is 0.155. The topological polar surface area (TPSA) is 66.1 Å². The molecule has 6 nitrogen and oxygen atoms in total. The van der Waals surface area contributed by atoms with Crippen molar-refractivity contribution in [2.24, 2.45) is 0 Å². The Morgan fingerprint density at radius 3 is 3.14 bits per heavy atom. The maximum atomic E-state index is 5.73. The van der Waals surface area contributed by atoms with Crippen molar-refractivity contribution in [2.45, 2.75) is 18.9 Å². The highest BCUT2D eigenvalue weighted by Crippen LogP contribution is 2.36. The fourth-order valence-electron chi connectivity index (χ4n) is 3.07. The normalized spacial score (nSPS) is 24.7. The fourth-order valence-corrected chi connectivity index (χ4v) is 3.07. The quantitative estimate of drug-likeness (QED) is 0.866. The molecule has 2 aromatic rings. The molecule has 2 aliphatic rings. The van der Waals surface area contributed by atoms with E-state index in [2.05, 4.69) is 33.4 Å². The lowest BCUT2D eigenvalue weighted by molar-refractivity contribution is 0.340. The maximum Gasteiger partial charge on any atom is 0.244 e. The zero-order chi connectivity index (χ0) is 14.2. The van der Waals surface area contributed by atoms with E-state index >= 15 is 0 Å². The van der Waals surface area contributed by atoms with Crippen LogP contribution in [0.1, 0.15) is 24.2 Å². The lowest BCUT2D eigenvalue weighted by atomic mass is 10.0. The maximum absolute atomic E-state index is 5.73. The van der Waals surface area contributed by atoms with E-state index in [0.29, 0.717) is 12.6 Å². The predicted octanol–water partition coefficient (Wildman–Crippen LogP) is 1.13. The highest BCUT2D eigenvalue weighted by molar-refractivity contribution is 5.43. The molecular formula is C15H19N5O. The molecular weight excluding hydrogens is 266 g/mol. The third-order valence-electron chi connectivity index (χ3n) is 4.17. The highest BCUT2D eigenvalue weighted by atomic mass is 16.5. The number of H-pyrrole nitrogens is 1.